The molecule has 3 rings (SSSR count). The summed E-state index contributed by atoms with van der Waals surface area (Å²) in [4.78, 5) is 15.6. The van der Waals surface area contributed by atoms with Crippen LogP contribution in [0.3, 0.4) is 0 Å². The van der Waals surface area contributed by atoms with Crippen molar-refractivity contribution in [2.75, 3.05) is 38.2 Å². The van der Waals surface area contributed by atoms with Crippen molar-refractivity contribution >= 4 is 21.5 Å². The molecule has 1 aliphatic heterocycles. The molecule has 0 unspecified atom stereocenters. The van der Waals surface area contributed by atoms with Crippen LogP contribution in [0.15, 0.2) is 47.5 Å². The molecule has 1 aromatic heterocycles. The van der Waals surface area contributed by atoms with Crippen LogP contribution in [0.5, 0.6) is 5.75 Å². The van der Waals surface area contributed by atoms with Gasteiger partial charge in [0.1, 0.15) is 0 Å². The molecule has 0 radical (unpaired) electrons. The fraction of sp³-hybridized carbons (Fsp3) is 0.312. The SMILES string of the molecule is COc1ccc(S(=O)(=O)N2CCN(c3cccc[nH+]3)CC2)cc1[N+](=O)[O-]. The number of methoxy groups -OCH3 is 1. The first-order valence-corrected chi connectivity index (χ1v) is 9.42. The second kappa shape index (κ2) is 7.26. The fourth-order valence-corrected chi connectivity index (χ4v) is 4.31. The lowest BCUT2D eigenvalue weighted by Gasteiger charge is -2.30. The summed E-state index contributed by atoms with van der Waals surface area (Å²) >= 11 is 0. The Bertz CT molecular complexity index is 896. The van der Waals surface area contributed by atoms with Crippen molar-refractivity contribution in [2.45, 2.75) is 4.90 Å². The summed E-state index contributed by atoms with van der Waals surface area (Å²) < 4.78 is 31.9. The Morgan fingerprint density at radius 1 is 1.15 bits per heavy atom. The molecular weight excluding hydrogens is 360 g/mol. The molecule has 1 N–H and O–H groups in total. The molecule has 0 atom stereocenters. The third kappa shape index (κ3) is 3.46. The summed E-state index contributed by atoms with van der Waals surface area (Å²) in [5.41, 5.74) is -0.369. The van der Waals surface area contributed by atoms with Gasteiger partial charge in [-0.25, -0.2) is 13.4 Å². The Kier molecular flexibility index (Phi) is 5.05. The molecule has 2 heterocycles. The molecule has 10 heteroatoms. The highest BCUT2D eigenvalue weighted by molar-refractivity contribution is 7.89. The van der Waals surface area contributed by atoms with Gasteiger partial charge >= 0.3 is 5.69 Å². The Morgan fingerprint density at radius 2 is 1.88 bits per heavy atom. The molecule has 138 valence electrons. The summed E-state index contributed by atoms with van der Waals surface area (Å²) in [6.07, 6.45) is 1.81. The Hall–Kier alpha value is -2.72. The quantitative estimate of drug-likeness (QED) is 0.565. The largest absolute Gasteiger partial charge is 0.490 e. The number of aromatic amines is 1. The van der Waals surface area contributed by atoms with Crippen LogP contribution in [-0.2, 0) is 10.0 Å². The normalized spacial score (nSPS) is 15.7. The number of piperazine rings is 1. The van der Waals surface area contributed by atoms with Gasteiger partial charge in [0.25, 0.3) is 5.82 Å². The van der Waals surface area contributed by atoms with E-state index in [9.17, 15) is 18.5 Å². The van der Waals surface area contributed by atoms with Crippen molar-refractivity contribution in [3.05, 3.63) is 52.7 Å². The second-order valence-electron chi connectivity index (χ2n) is 5.73. The van der Waals surface area contributed by atoms with E-state index in [0.717, 1.165) is 11.9 Å². The predicted octanol–water partition coefficient (Wildman–Crippen LogP) is 0.928. The highest BCUT2D eigenvalue weighted by Crippen LogP contribution is 2.30. The number of sulfonamides is 1. The third-order valence-electron chi connectivity index (χ3n) is 4.26. The lowest BCUT2D eigenvalue weighted by atomic mass is 10.3. The molecule has 26 heavy (non-hydrogen) atoms. The van der Waals surface area contributed by atoms with Gasteiger partial charge in [0.05, 0.1) is 49.3 Å². The fourth-order valence-electron chi connectivity index (χ4n) is 2.87. The Morgan fingerprint density at radius 3 is 2.46 bits per heavy atom. The van der Waals surface area contributed by atoms with Crippen molar-refractivity contribution in [3.63, 3.8) is 0 Å². The first-order chi connectivity index (χ1) is 12.4. The van der Waals surface area contributed by atoms with Gasteiger partial charge in [0, 0.05) is 12.1 Å². The average molecular weight is 379 g/mol. The molecule has 0 aliphatic carbocycles. The van der Waals surface area contributed by atoms with Crippen molar-refractivity contribution in [1.29, 1.82) is 0 Å². The van der Waals surface area contributed by atoms with Crippen LogP contribution >= 0.6 is 0 Å². The summed E-state index contributed by atoms with van der Waals surface area (Å²) in [5, 5.41) is 11.1. The third-order valence-corrected chi connectivity index (χ3v) is 6.15. The molecule has 0 saturated carbocycles. The van der Waals surface area contributed by atoms with E-state index in [1.165, 1.54) is 23.5 Å². The number of nitro benzene ring substituents is 1. The van der Waals surface area contributed by atoms with Crippen molar-refractivity contribution in [1.82, 2.24) is 4.31 Å². The molecule has 2 aromatic rings. The number of H-pyrrole nitrogens is 1. The molecule has 1 aliphatic rings. The molecule has 9 nitrogen and oxygen atoms in total. The zero-order valence-corrected chi connectivity index (χ0v) is 15.0. The first-order valence-electron chi connectivity index (χ1n) is 7.98. The van der Waals surface area contributed by atoms with E-state index < -0.39 is 14.9 Å². The van der Waals surface area contributed by atoms with Gasteiger partial charge < -0.3 is 4.74 Å². The molecular formula is C16H19N4O5S+. The van der Waals surface area contributed by atoms with Crippen LogP contribution in [0.4, 0.5) is 11.5 Å². The van der Waals surface area contributed by atoms with Gasteiger partial charge in [-0.15, -0.1) is 0 Å². The second-order valence-corrected chi connectivity index (χ2v) is 7.67. The highest BCUT2D eigenvalue weighted by Gasteiger charge is 2.33. The number of anilines is 1. The Labute approximate surface area is 151 Å². The van der Waals surface area contributed by atoms with E-state index >= 15 is 0 Å². The van der Waals surface area contributed by atoms with Gasteiger partial charge in [0.15, 0.2) is 5.75 Å². The number of aromatic nitrogens is 1. The smallest absolute Gasteiger partial charge is 0.312 e. The van der Waals surface area contributed by atoms with E-state index in [1.54, 1.807) is 0 Å². The Balaban J connectivity index is 1.79. The van der Waals surface area contributed by atoms with Crippen LogP contribution < -0.4 is 14.6 Å². The maximum atomic E-state index is 12.8. The van der Waals surface area contributed by atoms with E-state index in [0.29, 0.717) is 26.2 Å². The molecule has 0 spiro atoms. The lowest BCUT2D eigenvalue weighted by molar-refractivity contribution is -0.386. The molecule has 0 amide bonds. The van der Waals surface area contributed by atoms with Crippen molar-refractivity contribution in [3.8, 4) is 5.75 Å². The lowest BCUT2D eigenvalue weighted by Crippen LogP contribution is -2.49. The number of ether oxygens (including phenoxy) is 1. The molecule has 1 saturated heterocycles. The maximum absolute atomic E-state index is 12.8. The van der Waals surface area contributed by atoms with Crippen LogP contribution in [-0.4, -0.2) is 50.9 Å². The van der Waals surface area contributed by atoms with E-state index in [-0.39, 0.29) is 16.3 Å². The maximum Gasteiger partial charge on any atom is 0.312 e. The van der Waals surface area contributed by atoms with Crippen LogP contribution in [0.2, 0.25) is 0 Å². The van der Waals surface area contributed by atoms with Gasteiger partial charge in [-0.1, -0.05) is 6.07 Å². The van der Waals surface area contributed by atoms with Gasteiger partial charge in [-0.3, -0.25) is 15.0 Å². The van der Waals surface area contributed by atoms with Crippen LogP contribution in [0, 0.1) is 10.1 Å². The minimum atomic E-state index is -3.81. The number of rotatable bonds is 5. The van der Waals surface area contributed by atoms with Crippen LogP contribution in [0.1, 0.15) is 0 Å². The number of hydrogen-bond acceptors (Lipinski definition) is 6. The van der Waals surface area contributed by atoms with E-state index in [1.807, 2.05) is 24.4 Å². The highest BCUT2D eigenvalue weighted by atomic mass is 32.2. The van der Waals surface area contributed by atoms with Crippen molar-refractivity contribution in [2.24, 2.45) is 0 Å². The van der Waals surface area contributed by atoms with E-state index in [4.69, 9.17) is 4.74 Å². The van der Waals surface area contributed by atoms with Gasteiger partial charge in [-0.05, 0) is 18.2 Å². The number of nitro groups is 1. The number of pyridine rings is 1. The zero-order chi connectivity index (χ0) is 18.7. The minimum Gasteiger partial charge on any atom is -0.490 e. The number of nitrogens with one attached hydrogen (secondary N) is 1. The van der Waals surface area contributed by atoms with Gasteiger partial charge in [-0.2, -0.15) is 4.31 Å². The summed E-state index contributed by atoms with van der Waals surface area (Å²) in [5.74, 6) is 0.947. The van der Waals surface area contributed by atoms with E-state index in [2.05, 4.69) is 9.88 Å². The number of nitrogens with zero attached hydrogens (tertiary/aromatic N) is 3. The monoisotopic (exact) mass is 379 g/mol. The number of hydrogen-bond donors (Lipinski definition) is 0. The summed E-state index contributed by atoms with van der Waals surface area (Å²) in [7, 11) is -2.51. The van der Waals surface area contributed by atoms with Gasteiger partial charge in [0.2, 0.25) is 10.0 Å². The average Bonchev–Trinajstić information content (AvgIpc) is 2.68. The molecule has 1 fully saturated rings. The summed E-state index contributed by atoms with van der Waals surface area (Å²) in [6.45, 7) is 1.64. The molecule has 1 aromatic carbocycles. The topological polar surface area (TPSA) is 107 Å². The first kappa shape index (κ1) is 18.1. The predicted molar refractivity (Wildman–Crippen MR) is 93.6 cm³/mol. The van der Waals surface area contributed by atoms with Crippen molar-refractivity contribution < 1.29 is 23.1 Å². The summed E-state index contributed by atoms with van der Waals surface area (Å²) in [6, 6.07) is 9.40. The van der Waals surface area contributed by atoms with Crippen LogP contribution in [0.25, 0.3) is 0 Å². The molecule has 0 bridgehead atoms. The zero-order valence-electron chi connectivity index (χ0n) is 14.2. The standard InChI is InChI=1S/C16H18N4O5S/c1-25-15-6-5-13(12-14(15)20(21)22)26(23,24)19-10-8-18(9-11-19)16-4-2-3-7-17-16/h2-7,12H,8-11H2,1H3/p+1. The minimum absolute atomic E-state index is 0.0263. The number of benzene rings is 1.